The largest absolute Gasteiger partial charge is 0.507 e. The van der Waals surface area contributed by atoms with E-state index in [2.05, 4.69) is 20.8 Å². The number of hydrogen-bond acceptors (Lipinski definition) is 2. The third-order valence-electron chi connectivity index (χ3n) is 4.21. The lowest BCUT2D eigenvalue weighted by atomic mass is 10.1. The number of nitrogens with zero attached hydrogens (tertiary/aromatic N) is 1. The summed E-state index contributed by atoms with van der Waals surface area (Å²) in [5.41, 5.74) is 0. The molecule has 0 aliphatic carbocycles. The van der Waals surface area contributed by atoms with Crippen LogP contribution < -0.4 is 0 Å². The summed E-state index contributed by atoms with van der Waals surface area (Å²) in [7, 11) is 0. The SMILES string of the molecule is CCCCCC/C(O)=C/[N+](CC)(CC)CCCCC(=O)O. The summed E-state index contributed by atoms with van der Waals surface area (Å²) < 4.78 is 0.749. The molecule has 0 aromatic rings. The Hall–Kier alpha value is -1.03. The number of aliphatic hydroxyl groups is 1. The second kappa shape index (κ2) is 11.6. The highest BCUT2D eigenvalue weighted by molar-refractivity contribution is 5.66. The average Bonchev–Trinajstić information content (AvgIpc) is 2.46. The van der Waals surface area contributed by atoms with E-state index in [0.717, 1.165) is 43.4 Å². The molecule has 0 aliphatic heterocycles. The number of aliphatic carboxylic acids is 1. The van der Waals surface area contributed by atoms with Crippen molar-refractivity contribution in [2.45, 2.75) is 72.1 Å². The van der Waals surface area contributed by atoms with E-state index in [0.29, 0.717) is 12.2 Å². The molecule has 0 aromatic heterocycles. The number of carbonyl (C=O) groups is 1. The summed E-state index contributed by atoms with van der Waals surface area (Å²) in [4.78, 5) is 10.6. The van der Waals surface area contributed by atoms with Gasteiger partial charge in [0.25, 0.3) is 0 Å². The monoisotopic (exact) mass is 300 g/mol. The average molecular weight is 300 g/mol. The molecule has 0 atom stereocenters. The molecule has 0 heterocycles. The zero-order valence-corrected chi connectivity index (χ0v) is 14.1. The number of carboxylic acid groups (broad SMARTS) is 1. The van der Waals surface area contributed by atoms with Gasteiger partial charge in [0.15, 0.2) is 0 Å². The third-order valence-corrected chi connectivity index (χ3v) is 4.21. The number of unbranched alkanes of at least 4 members (excludes halogenated alkanes) is 4. The van der Waals surface area contributed by atoms with E-state index in [1.54, 1.807) is 0 Å². The lowest BCUT2D eigenvalue weighted by Gasteiger charge is -2.33. The van der Waals surface area contributed by atoms with Crippen molar-refractivity contribution < 1.29 is 19.5 Å². The van der Waals surface area contributed by atoms with Gasteiger partial charge in [-0.3, -0.25) is 9.28 Å². The molecular formula is C17H34NO3+. The van der Waals surface area contributed by atoms with Crippen LogP contribution in [0.25, 0.3) is 0 Å². The number of quaternary nitrogens is 1. The van der Waals surface area contributed by atoms with Crippen LogP contribution in [0.15, 0.2) is 12.0 Å². The Bertz CT molecular complexity index is 309. The lowest BCUT2D eigenvalue weighted by Crippen LogP contribution is -2.43. The van der Waals surface area contributed by atoms with Crippen molar-refractivity contribution in [2.24, 2.45) is 0 Å². The van der Waals surface area contributed by atoms with Gasteiger partial charge in [0.1, 0.15) is 12.0 Å². The Kier molecular flexibility index (Phi) is 11.0. The summed E-state index contributed by atoms with van der Waals surface area (Å²) in [6, 6.07) is 0. The molecule has 0 rings (SSSR count). The van der Waals surface area contributed by atoms with Gasteiger partial charge in [0, 0.05) is 12.8 Å². The minimum atomic E-state index is -0.726. The van der Waals surface area contributed by atoms with Crippen LogP contribution in [0.3, 0.4) is 0 Å². The van der Waals surface area contributed by atoms with Crippen molar-refractivity contribution in [2.75, 3.05) is 19.6 Å². The molecule has 0 amide bonds. The zero-order valence-electron chi connectivity index (χ0n) is 14.1. The van der Waals surface area contributed by atoms with Gasteiger partial charge in [-0.15, -0.1) is 0 Å². The first kappa shape index (κ1) is 20.0. The fourth-order valence-electron chi connectivity index (χ4n) is 2.60. The second-order valence-corrected chi connectivity index (χ2v) is 5.86. The van der Waals surface area contributed by atoms with Crippen molar-refractivity contribution in [3.05, 3.63) is 12.0 Å². The summed E-state index contributed by atoms with van der Waals surface area (Å²) in [6.07, 6.45) is 9.23. The molecule has 21 heavy (non-hydrogen) atoms. The van der Waals surface area contributed by atoms with E-state index in [9.17, 15) is 9.90 Å². The first-order chi connectivity index (χ1) is 9.99. The van der Waals surface area contributed by atoms with Crippen LogP contribution in [0.1, 0.15) is 72.1 Å². The molecule has 0 fully saturated rings. The van der Waals surface area contributed by atoms with Gasteiger partial charge in [-0.25, -0.2) is 0 Å². The van der Waals surface area contributed by atoms with E-state index in [1.165, 1.54) is 19.3 Å². The first-order valence-corrected chi connectivity index (χ1v) is 8.48. The van der Waals surface area contributed by atoms with E-state index in [-0.39, 0.29) is 6.42 Å². The highest BCUT2D eigenvalue weighted by Gasteiger charge is 2.21. The number of allylic oxidation sites excluding steroid dienone is 1. The molecule has 4 heteroatoms. The molecule has 0 saturated heterocycles. The van der Waals surface area contributed by atoms with E-state index >= 15 is 0 Å². The Morgan fingerprint density at radius 2 is 1.52 bits per heavy atom. The third kappa shape index (κ3) is 9.51. The fourth-order valence-corrected chi connectivity index (χ4v) is 2.60. The molecule has 4 nitrogen and oxygen atoms in total. The quantitative estimate of drug-likeness (QED) is 0.300. The maximum absolute atomic E-state index is 10.6. The lowest BCUT2D eigenvalue weighted by molar-refractivity contribution is -0.877. The summed E-state index contributed by atoms with van der Waals surface area (Å²) in [6.45, 7) is 9.20. The van der Waals surface area contributed by atoms with Crippen molar-refractivity contribution in [3.63, 3.8) is 0 Å². The van der Waals surface area contributed by atoms with Crippen LogP contribution in [-0.2, 0) is 4.79 Å². The van der Waals surface area contributed by atoms with Gasteiger partial charge in [0.2, 0.25) is 0 Å². The molecule has 0 bridgehead atoms. The standard InChI is InChI=1S/C17H33NO3/c1-4-7-8-9-12-16(19)15-18(5-2,6-3)14-11-10-13-17(20)21/h15H,4-14H2,1-3H3,(H-,19,20,21)/p+1/b16-15-. The number of carboxylic acids is 1. The maximum Gasteiger partial charge on any atom is 0.303 e. The first-order valence-electron chi connectivity index (χ1n) is 8.48. The van der Waals surface area contributed by atoms with Crippen molar-refractivity contribution in [3.8, 4) is 0 Å². The van der Waals surface area contributed by atoms with Crippen LogP contribution in [0.5, 0.6) is 0 Å². The predicted molar refractivity (Wildman–Crippen MR) is 87.2 cm³/mol. The molecule has 0 spiro atoms. The van der Waals surface area contributed by atoms with Crippen molar-refractivity contribution in [1.29, 1.82) is 0 Å². The molecule has 0 radical (unpaired) electrons. The van der Waals surface area contributed by atoms with Crippen LogP contribution in [0, 0.1) is 0 Å². The Morgan fingerprint density at radius 3 is 2.05 bits per heavy atom. The number of rotatable bonds is 13. The number of aliphatic hydroxyl groups excluding tert-OH is 1. The highest BCUT2D eigenvalue weighted by atomic mass is 16.4. The molecule has 0 unspecified atom stereocenters. The Labute approximate surface area is 130 Å². The minimum Gasteiger partial charge on any atom is -0.507 e. The maximum atomic E-state index is 10.6. The van der Waals surface area contributed by atoms with Gasteiger partial charge in [-0.05, 0) is 33.1 Å². The fraction of sp³-hybridized carbons (Fsp3) is 0.824. The van der Waals surface area contributed by atoms with Gasteiger partial charge in [0.05, 0.1) is 19.6 Å². The Balaban J connectivity index is 4.37. The van der Waals surface area contributed by atoms with E-state index in [4.69, 9.17) is 5.11 Å². The van der Waals surface area contributed by atoms with Crippen LogP contribution in [0.2, 0.25) is 0 Å². The van der Waals surface area contributed by atoms with Gasteiger partial charge < -0.3 is 10.2 Å². The van der Waals surface area contributed by atoms with Gasteiger partial charge in [-0.2, -0.15) is 0 Å². The van der Waals surface area contributed by atoms with Crippen LogP contribution >= 0.6 is 0 Å². The molecule has 0 aliphatic rings. The minimum absolute atomic E-state index is 0.236. The molecule has 0 aromatic carbocycles. The second-order valence-electron chi connectivity index (χ2n) is 5.86. The van der Waals surface area contributed by atoms with Crippen LogP contribution in [0.4, 0.5) is 0 Å². The summed E-state index contributed by atoms with van der Waals surface area (Å²) >= 11 is 0. The van der Waals surface area contributed by atoms with Crippen LogP contribution in [-0.4, -0.2) is 40.3 Å². The summed E-state index contributed by atoms with van der Waals surface area (Å²) in [5.74, 6) is -0.233. The van der Waals surface area contributed by atoms with Crippen molar-refractivity contribution >= 4 is 5.97 Å². The molecule has 124 valence electrons. The molecule has 0 saturated carbocycles. The topological polar surface area (TPSA) is 57.5 Å². The Morgan fingerprint density at radius 1 is 0.905 bits per heavy atom. The number of hydrogen-bond donors (Lipinski definition) is 2. The van der Waals surface area contributed by atoms with E-state index < -0.39 is 5.97 Å². The molecular weight excluding hydrogens is 266 g/mol. The van der Waals surface area contributed by atoms with E-state index in [1.807, 2.05) is 6.20 Å². The van der Waals surface area contributed by atoms with Crippen molar-refractivity contribution in [1.82, 2.24) is 0 Å². The predicted octanol–water partition coefficient (Wildman–Crippen LogP) is 4.47. The summed E-state index contributed by atoms with van der Waals surface area (Å²) in [5, 5.41) is 18.8. The smallest absolute Gasteiger partial charge is 0.303 e. The zero-order chi connectivity index (χ0) is 16.1. The normalized spacial score (nSPS) is 12.6. The van der Waals surface area contributed by atoms with Gasteiger partial charge in [-0.1, -0.05) is 26.2 Å². The van der Waals surface area contributed by atoms with Gasteiger partial charge >= 0.3 is 5.97 Å². The highest BCUT2D eigenvalue weighted by Crippen LogP contribution is 2.16. The molecule has 2 N–H and O–H groups in total.